The third-order valence-corrected chi connectivity index (χ3v) is 4.34. The summed E-state index contributed by atoms with van der Waals surface area (Å²) < 4.78 is 21.5. The molecule has 0 aliphatic carbocycles. The van der Waals surface area contributed by atoms with E-state index in [1.165, 1.54) is 0 Å². The Bertz CT molecular complexity index is 800. The Hall–Kier alpha value is -2.89. The zero-order valence-corrected chi connectivity index (χ0v) is 14.2. The number of nitrogens with zero attached hydrogens (tertiary/aromatic N) is 1. The van der Waals surface area contributed by atoms with Gasteiger partial charge >= 0.3 is 0 Å². The molecule has 0 unspecified atom stereocenters. The average molecular weight is 341 g/mol. The SMILES string of the molecule is COc1ccc(C2=NO[C@@H](Cc3cc(OC)c4c(c3)OCO4)C2)cc1. The van der Waals surface area contributed by atoms with Crippen LogP contribution in [0.1, 0.15) is 17.5 Å². The van der Waals surface area contributed by atoms with E-state index >= 15 is 0 Å². The minimum atomic E-state index is -0.0119. The molecule has 0 radical (unpaired) electrons. The van der Waals surface area contributed by atoms with Crippen LogP contribution in [0.15, 0.2) is 41.6 Å². The fraction of sp³-hybridized carbons (Fsp3) is 0.316. The van der Waals surface area contributed by atoms with Crippen LogP contribution in [-0.2, 0) is 11.3 Å². The van der Waals surface area contributed by atoms with Crippen LogP contribution in [0.4, 0.5) is 0 Å². The number of ether oxygens (including phenoxy) is 4. The Kier molecular flexibility index (Phi) is 4.09. The first-order valence-corrected chi connectivity index (χ1v) is 8.10. The second-order valence-corrected chi connectivity index (χ2v) is 5.93. The molecule has 2 aliphatic heterocycles. The number of benzene rings is 2. The molecule has 0 saturated carbocycles. The van der Waals surface area contributed by atoms with E-state index < -0.39 is 0 Å². The van der Waals surface area contributed by atoms with Gasteiger partial charge in [0.05, 0.1) is 19.9 Å². The summed E-state index contributed by atoms with van der Waals surface area (Å²) in [5.74, 6) is 2.88. The molecule has 25 heavy (non-hydrogen) atoms. The molecule has 6 nitrogen and oxygen atoms in total. The third-order valence-electron chi connectivity index (χ3n) is 4.34. The topological polar surface area (TPSA) is 58.5 Å². The number of hydrogen-bond donors (Lipinski definition) is 0. The molecule has 1 atom stereocenters. The highest BCUT2D eigenvalue weighted by Crippen LogP contribution is 2.42. The van der Waals surface area contributed by atoms with Crippen LogP contribution in [-0.4, -0.2) is 32.8 Å². The van der Waals surface area contributed by atoms with Gasteiger partial charge < -0.3 is 23.8 Å². The lowest BCUT2D eigenvalue weighted by atomic mass is 10.00. The summed E-state index contributed by atoms with van der Waals surface area (Å²) in [5.41, 5.74) is 3.06. The summed E-state index contributed by atoms with van der Waals surface area (Å²) in [5, 5.41) is 4.24. The van der Waals surface area contributed by atoms with Gasteiger partial charge in [-0.3, -0.25) is 0 Å². The third kappa shape index (κ3) is 3.07. The Morgan fingerprint density at radius 3 is 2.68 bits per heavy atom. The Balaban J connectivity index is 1.45. The Morgan fingerprint density at radius 2 is 1.92 bits per heavy atom. The van der Waals surface area contributed by atoms with Gasteiger partial charge in [0.1, 0.15) is 11.9 Å². The van der Waals surface area contributed by atoms with E-state index in [0.29, 0.717) is 17.2 Å². The minimum absolute atomic E-state index is 0.0119. The lowest BCUT2D eigenvalue weighted by Gasteiger charge is -2.11. The van der Waals surface area contributed by atoms with E-state index in [1.807, 2.05) is 36.4 Å². The molecule has 2 aromatic carbocycles. The van der Waals surface area contributed by atoms with Gasteiger partial charge in [0.15, 0.2) is 11.5 Å². The summed E-state index contributed by atoms with van der Waals surface area (Å²) in [6, 6.07) is 11.8. The molecule has 0 aromatic heterocycles. The fourth-order valence-corrected chi connectivity index (χ4v) is 3.06. The number of methoxy groups -OCH3 is 2. The summed E-state index contributed by atoms with van der Waals surface area (Å²) >= 11 is 0. The first kappa shape index (κ1) is 15.6. The Labute approximate surface area is 145 Å². The van der Waals surface area contributed by atoms with Crippen LogP contribution < -0.4 is 18.9 Å². The number of hydrogen-bond acceptors (Lipinski definition) is 6. The highest BCUT2D eigenvalue weighted by atomic mass is 16.7. The van der Waals surface area contributed by atoms with Crippen LogP contribution in [0.5, 0.6) is 23.0 Å². The molecular weight excluding hydrogens is 322 g/mol. The van der Waals surface area contributed by atoms with Gasteiger partial charge in [-0.2, -0.15) is 0 Å². The van der Waals surface area contributed by atoms with E-state index in [0.717, 1.165) is 35.4 Å². The maximum absolute atomic E-state index is 5.62. The maximum atomic E-state index is 5.62. The summed E-state index contributed by atoms with van der Waals surface area (Å²) in [6.45, 7) is 0.222. The highest BCUT2D eigenvalue weighted by molar-refractivity contribution is 6.01. The molecule has 0 saturated heterocycles. The zero-order chi connectivity index (χ0) is 17.2. The molecule has 0 spiro atoms. The number of fused-ring (bicyclic) bond motifs is 1. The minimum Gasteiger partial charge on any atom is -0.497 e. The van der Waals surface area contributed by atoms with Crippen LogP contribution in [0.2, 0.25) is 0 Å². The summed E-state index contributed by atoms with van der Waals surface area (Å²) in [7, 11) is 3.28. The predicted molar refractivity (Wildman–Crippen MR) is 91.8 cm³/mol. The van der Waals surface area contributed by atoms with Crippen LogP contribution in [0.3, 0.4) is 0 Å². The molecule has 2 aromatic rings. The molecule has 0 fully saturated rings. The molecule has 130 valence electrons. The Morgan fingerprint density at radius 1 is 1.08 bits per heavy atom. The predicted octanol–water partition coefficient (Wildman–Crippen LogP) is 3.17. The molecule has 4 rings (SSSR count). The van der Waals surface area contributed by atoms with E-state index in [4.69, 9.17) is 23.8 Å². The van der Waals surface area contributed by atoms with Crippen molar-refractivity contribution in [3.63, 3.8) is 0 Å². The van der Waals surface area contributed by atoms with Gasteiger partial charge in [0, 0.05) is 12.8 Å². The highest BCUT2D eigenvalue weighted by Gasteiger charge is 2.25. The van der Waals surface area contributed by atoms with Crippen LogP contribution in [0, 0.1) is 0 Å². The molecular formula is C19H19NO5. The summed E-state index contributed by atoms with van der Waals surface area (Å²) in [6.07, 6.45) is 1.46. The second kappa shape index (κ2) is 6.55. The van der Waals surface area contributed by atoms with E-state index in [2.05, 4.69) is 5.16 Å². The second-order valence-electron chi connectivity index (χ2n) is 5.93. The average Bonchev–Trinajstić information content (AvgIpc) is 3.30. The van der Waals surface area contributed by atoms with Crippen molar-refractivity contribution >= 4 is 5.71 Å². The fourth-order valence-electron chi connectivity index (χ4n) is 3.06. The van der Waals surface area contributed by atoms with Gasteiger partial charge in [-0.1, -0.05) is 5.16 Å². The first-order valence-electron chi connectivity index (χ1n) is 8.10. The molecule has 2 aliphatic rings. The standard InChI is InChI=1S/C19H19NO5/c1-21-14-5-3-13(4-6-14)16-10-15(25-20-16)7-12-8-17(22-2)19-18(9-12)23-11-24-19/h3-6,8-9,15H,7,10-11H2,1-2H3/t15-/m0/s1. The molecule has 2 heterocycles. The van der Waals surface area contributed by atoms with Crippen molar-refractivity contribution in [2.24, 2.45) is 5.16 Å². The van der Waals surface area contributed by atoms with Crippen molar-refractivity contribution < 1.29 is 23.8 Å². The van der Waals surface area contributed by atoms with Crippen molar-refractivity contribution in [3.8, 4) is 23.0 Å². The normalized spacial score (nSPS) is 17.8. The van der Waals surface area contributed by atoms with Gasteiger partial charge in [-0.25, -0.2) is 0 Å². The van der Waals surface area contributed by atoms with Crippen molar-refractivity contribution in [2.45, 2.75) is 18.9 Å². The van der Waals surface area contributed by atoms with Crippen LogP contribution in [0.25, 0.3) is 0 Å². The van der Waals surface area contributed by atoms with E-state index in [1.54, 1.807) is 14.2 Å². The van der Waals surface area contributed by atoms with Crippen molar-refractivity contribution in [1.29, 1.82) is 0 Å². The number of oxime groups is 1. The number of rotatable bonds is 5. The van der Waals surface area contributed by atoms with Gasteiger partial charge in [-0.15, -0.1) is 0 Å². The van der Waals surface area contributed by atoms with Gasteiger partial charge in [0.25, 0.3) is 0 Å². The molecule has 6 heteroatoms. The van der Waals surface area contributed by atoms with Crippen molar-refractivity contribution in [2.75, 3.05) is 21.0 Å². The lowest BCUT2D eigenvalue weighted by Crippen LogP contribution is -2.12. The smallest absolute Gasteiger partial charge is 0.231 e. The van der Waals surface area contributed by atoms with Gasteiger partial charge in [0.2, 0.25) is 12.5 Å². The zero-order valence-electron chi connectivity index (χ0n) is 14.2. The largest absolute Gasteiger partial charge is 0.497 e. The quantitative estimate of drug-likeness (QED) is 0.836. The van der Waals surface area contributed by atoms with Gasteiger partial charge in [-0.05, 0) is 47.5 Å². The van der Waals surface area contributed by atoms with Crippen molar-refractivity contribution in [3.05, 3.63) is 47.5 Å². The lowest BCUT2D eigenvalue weighted by molar-refractivity contribution is 0.0858. The first-order chi connectivity index (χ1) is 12.3. The molecule has 0 N–H and O–H groups in total. The summed E-state index contributed by atoms with van der Waals surface area (Å²) in [4.78, 5) is 5.62. The van der Waals surface area contributed by atoms with Crippen molar-refractivity contribution in [1.82, 2.24) is 0 Å². The van der Waals surface area contributed by atoms with E-state index in [-0.39, 0.29) is 12.9 Å². The maximum Gasteiger partial charge on any atom is 0.231 e. The molecule has 0 bridgehead atoms. The molecule has 0 amide bonds. The van der Waals surface area contributed by atoms with E-state index in [9.17, 15) is 0 Å². The van der Waals surface area contributed by atoms with Crippen LogP contribution >= 0.6 is 0 Å². The monoisotopic (exact) mass is 341 g/mol.